The number of aliphatic hydroxyl groups is 2. The normalized spacial score (nSPS) is 16.4. The van der Waals surface area contributed by atoms with E-state index >= 15 is 0 Å². The van der Waals surface area contributed by atoms with Crippen molar-refractivity contribution < 1.29 is 23.4 Å². The van der Waals surface area contributed by atoms with E-state index in [1.807, 2.05) is 0 Å². The predicted octanol–water partition coefficient (Wildman–Crippen LogP) is 2.81. The van der Waals surface area contributed by atoms with Crippen LogP contribution in [0.3, 0.4) is 0 Å². The molecule has 2 nitrogen and oxygen atoms in total. The van der Waals surface area contributed by atoms with Crippen molar-refractivity contribution in [1.82, 2.24) is 0 Å². The Morgan fingerprint density at radius 1 is 1.22 bits per heavy atom. The van der Waals surface area contributed by atoms with Gasteiger partial charge in [-0.25, -0.2) is 4.39 Å². The van der Waals surface area contributed by atoms with Crippen molar-refractivity contribution in [3.63, 3.8) is 0 Å². The summed E-state index contributed by atoms with van der Waals surface area (Å²) in [7, 11) is 0. The van der Waals surface area contributed by atoms with E-state index in [1.165, 1.54) is 12.1 Å². The Labute approximate surface area is 112 Å². The maximum absolute atomic E-state index is 14.1. The van der Waals surface area contributed by atoms with E-state index in [4.69, 9.17) is 0 Å². The molecule has 0 aliphatic rings. The van der Waals surface area contributed by atoms with Crippen molar-refractivity contribution in [2.24, 2.45) is 0 Å². The molecule has 0 aliphatic heterocycles. The summed E-state index contributed by atoms with van der Waals surface area (Å²) in [5.74, 6) is -4.60. The lowest BCUT2D eigenvalue weighted by Gasteiger charge is -2.41. The van der Waals surface area contributed by atoms with Crippen molar-refractivity contribution in [3.05, 3.63) is 35.6 Å². The van der Waals surface area contributed by atoms with Crippen molar-refractivity contribution in [3.8, 4) is 0 Å². The first-order valence-corrected chi connectivity index (χ1v) is 6.33. The summed E-state index contributed by atoms with van der Waals surface area (Å²) in [6.45, 7) is 1.78. The molecular formula is C12H14BrF3O2. The molecule has 0 aromatic heterocycles. The standard InChI is InChI=1S/C12H14BrF3O2/c1-10(2,17)12(15,16)11(18,7-13)8-4-3-5-9(14)6-8/h3-6,17-18H,7H2,1-2H3. The summed E-state index contributed by atoms with van der Waals surface area (Å²) in [5.41, 5.74) is -5.46. The van der Waals surface area contributed by atoms with Crippen LogP contribution in [0.1, 0.15) is 19.4 Å². The monoisotopic (exact) mass is 326 g/mol. The second kappa shape index (κ2) is 4.83. The van der Waals surface area contributed by atoms with Gasteiger partial charge in [-0.15, -0.1) is 0 Å². The predicted molar refractivity (Wildman–Crippen MR) is 65.3 cm³/mol. The quantitative estimate of drug-likeness (QED) is 0.835. The lowest BCUT2D eigenvalue weighted by Crippen LogP contribution is -2.59. The summed E-state index contributed by atoms with van der Waals surface area (Å²) < 4.78 is 41.4. The Hall–Kier alpha value is -0.590. The van der Waals surface area contributed by atoms with Gasteiger partial charge in [0.25, 0.3) is 0 Å². The highest BCUT2D eigenvalue weighted by atomic mass is 79.9. The number of alkyl halides is 3. The molecule has 18 heavy (non-hydrogen) atoms. The van der Waals surface area contributed by atoms with E-state index in [9.17, 15) is 23.4 Å². The molecule has 0 amide bonds. The van der Waals surface area contributed by atoms with E-state index < -0.39 is 28.3 Å². The van der Waals surface area contributed by atoms with Crippen LogP contribution in [0.4, 0.5) is 13.2 Å². The van der Waals surface area contributed by atoms with Gasteiger partial charge in [-0.3, -0.25) is 0 Å². The fraction of sp³-hybridized carbons (Fsp3) is 0.500. The number of rotatable bonds is 4. The molecule has 0 bridgehead atoms. The van der Waals surface area contributed by atoms with Crippen LogP contribution in [0.5, 0.6) is 0 Å². The van der Waals surface area contributed by atoms with Crippen LogP contribution in [0.25, 0.3) is 0 Å². The first-order chi connectivity index (χ1) is 8.06. The molecule has 0 saturated carbocycles. The Bertz CT molecular complexity index is 432. The van der Waals surface area contributed by atoms with Crippen molar-refractivity contribution in [1.29, 1.82) is 0 Å². The molecule has 2 N–H and O–H groups in total. The van der Waals surface area contributed by atoms with Gasteiger partial charge in [0.15, 0.2) is 5.60 Å². The largest absolute Gasteiger partial charge is 0.384 e. The molecule has 0 heterocycles. The Balaban J connectivity index is 3.38. The number of halogens is 4. The first-order valence-electron chi connectivity index (χ1n) is 5.21. The van der Waals surface area contributed by atoms with Crippen molar-refractivity contribution >= 4 is 15.9 Å². The van der Waals surface area contributed by atoms with E-state index in [0.29, 0.717) is 0 Å². The van der Waals surface area contributed by atoms with Gasteiger partial charge in [0.2, 0.25) is 0 Å². The number of benzene rings is 1. The summed E-state index contributed by atoms with van der Waals surface area (Å²) in [6.07, 6.45) is 0. The summed E-state index contributed by atoms with van der Waals surface area (Å²) in [5, 5.41) is 19.1. The minimum atomic E-state index is -3.86. The molecule has 1 rings (SSSR count). The molecule has 0 aliphatic carbocycles. The minimum Gasteiger partial charge on any atom is -0.384 e. The maximum atomic E-state index is 14.1. The highest BCUT2D eigenvalue weighted by molar-refractivity contribution is 9.09. The van der Waals surface area contributed by atoms with Gasteiger partial charge in [-0.2, -0.15) is 8.78 Å². The Morgan fingerprint density at radius 2 is 1.78 bits per heavy atom. The zero-order valence-corrected chi connectivity index (χ0v) is 11.5. The van der Waals surface area contributed by atoms with Crippen molar-refractivity contribution in [2.45, 2.75) is 31.0 Å². The van der Waals surface area contributed by atoms with Crippen LogP contribution in [0, 0.1) is 5.82 Å². The maximum Gasteiger partial charge on any atom is 0.308 e. The average Bonchev–Trinajstić information content (AvgIpc) is 2.26. The fourth-order valence-electron chi connectivity index (χ4n) is 1.59. The molecule has 6 heteroatoms. The van der Waals surface area contributed by atoms with E-state index in [2.05, 4.69) is 15.9 Å². The van der Waals surface area contributed by atoms with Crippen molar-refractivity contribution in [2.75, 3.05) is 5.33 Å². The second-order valence-corrected chi connectivity index (χ2v) is 5.20. The highest BCUT2D eigenvalue weighted by Gasteiger charge is 2.61. The first kappa shape index (κ1) is 15.5. The van der Waals surface area contributed by atoms with Gasteiger partial charge < -0.3 is 10.2 Å². The molecule has 0 spiro atoms. The molecular weight excluding hydrogens is 313 g/mol. The zero-order valence-electron chi connectivity index (χ0n) is 9.92. The van der Waals surface area contributed by atoms with Gasteiger partial charge in [0, 0.05) is 5.33 Å². The van der Waals surface area contributed by atoms with Gasteiger partial charge in [-0.05, 0) is 31.5 Å². The lowest BCUT2D eigenvalue weighted by molar-refractivity contribution is -0.259. The molecule has 0 fully saturated rings. The van der Waals surface area contributed by atoms with E-state index in [-0.39, 0.29) is 5.56 Å². The molecule has 1 atom stereocenters. The van der Waals surface area contributed by atoms with Gasteiger partial charge >= 0.3 is 5.92 Å². The van der Waals surface area contributed by atoms with Crippen LogP contribution < -0.4 is 0 Å². The summed E-state index contributed by atoms with van der Waals surface area (Å²) in [4.78, 5) is 0. The third-order valence-electron chi connectivity index (χ3n) is 2.78. The fourth-order valence-corrected chi connectivity index (χ4v) is 2.27. The van der Waals surface area contributed by atoms with Crippen LogP contribution >= 0.6 is 15.9 Å². The third-order valence-corrected chi connectivity index (χ3v) is 3.59. The van der Waals surface area contributed by atoms with E-state index in [1.54, 1.807) is 0 Å². The van der Waals surface area contributed by atoms with Crippen LogP contribution in [0.2, 0.25) is 0 Å². The third kappa shape index (κ3) is 2.41. The van der Waals surface area contributed by atoms with Gasteiger partial charge in [0.1, 0.15) is 11.4 Å². The smallest absolute Gasteiger partial charge is 0.308 e. The topological polar surface area (TPSA) is 40.5 Å². The Kier molecular flexibility index (Phi) is 4.15. The highest BCUT2D eigenvalue weighted by Crippen LogP contribution is 2.45. The number of hydrogen-bond donors (Lipinski definition) is 2. The Morgan fingerprint density at radius 3 is 2.17 bits per heavy atom. The van der Waals surface area contributed by atoms with Gasteiger partial charge in [-0.1, -0.05) is 28.1 Å². The minimum absolute atomic E-state index is 0.300. The van der Waals surface area contributed by atoms with Gasteiger partial charge in [0.05, 0.1) is 0 Å². The SMILES string of the molecule is CC(C)(O)C(F)(F)C(O)(CBr)c1cccc(F)c1. The zero-order chi connectivity index (χ0) is 14.2. The lowest BCUT2D eigenvalue weighted by atomic mass is 9.81. The van der Waals surface area contributed by atoms with Crippen LogP contribution in [-0.4, -0.2) is 27.1 Å². The summed E-state index contributed by atoms with van der Waals surface area (Å²) in [6, 6.07) is 4.31. The summed E-state index contributed by atoms with van der Waals surface area (Å²) >= 11 is 2.80. The molecule has 1 aromatic rings. The number of hydrogen-bond acceptors (Lipinski definition) is 2. The molecule has 0 radical (unpaired) electrons. The molecule has 1 aromatic carbocycles. The van der Waals surface area contributed by atoms with E-state index in [0.717, 1.165) is 26.0 Å². The molecule has 0 saturated heterocycles. The van der Waals surface area contributed by atoms with Crippen LogP contribution in [0.15, 0.2) is 24.3 Å². The average molecular weight is 327 g/mol. The van der Waals surface area contributed by atoms with Crippen LogP contribution in [-0.2, 0) is 5.60 Å². The molecule has 102 valence electrons. The molecule has 1 unspecified atom stereocenters. The second-order valence-electron chi connectivity index (χ2n) is 4.64.